The molecule has 0 spiro atoms. The Morgan fingerprint density at radius 2 is 1.45 bits per heavy atom. The van der Waals surface area contributed by atoms with Crippen LogP contribution >= 0.6 is 0 Å². The zero-order valence-corrected chi connectivity index (χ0v) is 15.2. The van der Waals surface area contributed by atoms with Crippen molar-refractivity contribution in [1.82, 2.24) is 5.32 Å². The summed E-state index contributed by atoms with van der Waals surface area (Å²) in [6.45, 7) is 2.80. The molecular formula is C19H16F6N2O2. The zero-order valence-electron chi connectivity index (χ0n) is 15.2. The van der Waals surface area contributed by atoms with E-state index < -0.39 is 41.0 Å². The van der Waals surface area contributed by atoms with E-state index in [0.29, 0.717) is 23.4 Å². The molecule has 0 heterocycles. The molecule has 0 fully saturated rings. The molecule has 2 aromatic carbocycles. The van der Waals surface area contributed by atoms with Gasteiger partial charge in [0, 0.05) is 18.2 Å². The highest BCUT2D eigenvalue weighted by atomic mass is 19.4. The first kappa shape index (κ1) is 22.3. The van der Waals surface area contributed by atoms with Gasteiger partial charge in [0.2, 0.25) is 5.91 Å². The number of amides is 2. The summed E-state index contributed by atoms with van der Waals surface area (Å²) in [5.41, 5.74) is -2.99. The van der Waals surface area contributed by atoms with Crippen molar-refractivity contribution in [3.8, 4) is 0 Å². The highest BCUT2D eigenvalue weighted by molar-refractivity contribution is 5.95. The maximum Gasteiger partial charge on any atom is 0.416 e. The number of hydrogen-bond donors (Lipinski definition) is 2. The fourth-order valence-corrected chi connectivity index (χ4v) is 2.54. The molecule has 1 unspecified atom stereocenters. The van der Waals surface area contributed by atoms with Gasteiger partial charge in [0.15, 0.2) is 0 Å². The Morgan fingerprint density at radius 1 is 0.897 bits per heavy atom. The van der Waals surface area contributed by atoms with E-state index in [0.717, 1.165) is 0 Å². The quantitative estimate of drug-likeness (QED) is 0.673. The predicted octanol–water partition coefficient (Wildman–Crippen LogP) is 5.17. The van der Waals surface area contributed by atoms with Crippen molar-refractivity contribution >= 4 is 17.5 Å². The number of carbonyl (C=O) groups excluding carboxylic acids is 2. The summed E-state index contributed by atoms with van der Waals surface area (Å²) in [7, 11) is 0. The van der Waals surface area contributed by atoms with E-state index in [1.807, 2.05) is 0 Å². The van der Waals surface area contributed by atoms with Gasteiger partial charge in [0.1, 0.15) is 0 Å². The number of hydrogen-bond acceptors (Lipinski definition) is 2. The Bertz CT molecular complexity index is 889. The Labute approximate surface area is 161 Å². The van der Waals surface area contributed by atoms with Gasteiger partial charge < -0.3 is 10.6 Å². The van der Waals surface area contributed by atoms with Gasteiger partial charge >= 0.3 is 12.4 Å². The molecule has 0 aliphatic rings. The molecule has 0 saturated heterocycles. The molecule has 1 atom stereocenters. The molecule has 0 bridgehead atoms. The standard InChI is InChI=1S/C19H16F6N2O2/c1-10(12-4-3-5-16(8-12)27-11(2)28)26-17(29)13-6-14(18(20,21)22)9-15(7-13)19(23,24)25/h3-10H,1-2H3,(H,26,29)(H,27,28). The summed E-state index contributed by atoms with van der Waals surface area (Å²) >= 11 is 0. The number of alkyl halides is 6. The second-order valence-corrected chi connectivity index (χ2v) is 6.30. The maximum absolute atomic E-state index is 12.9. The molecule has 10 heteroatoms. The molecule has 0 aromatic heterocycles. The Morgan fingerprint density at radius 3 is 1.93 bits per heavy atom. The second kappa shape index (κ2) is 8.14. The summed E-state index contributed by atoms with van der Waals surface area (Å²) in [5, 5.41) is 4.90. The van der Waals surface area contributed by atoms with Crippen LogP contribution in [-0.2, 0) is 17.1 Å². The van der Waals surface area contributed by atoms with Gasteiger partial charge in [-0.25, -0.2) is 0 Å². The summed E-state index contributed by atoms with van der Waals surface area (Å²) in [6, 6.07) is 6.22. The second-order valence-electron chi connectivity index (χ2n) is 6.30. The fourth-order valence-electron chi connectivity index (χ4n) is 2.54. The first-order valence-corrected chi connectivity index (χ1v) is 8.25. The Kier molecular flexibility index (Phi) is 6.24. The molecule has 4 nitrogen and oxygen atoms in total. The van der Waals surface area contributed by atoms with Gasteiger partial charge in [-0.05, 0) is 42.8 Å². The van der Waals surface area contributed by atoms with Crippen molar-refractivity contribution in [2.45, 2.75) is 32.2 Å². The Hall–Kier alpha value is -3.04. The first-order valence-electron chi connectivity index (χ1n) is 8.25. The minimum absolute atomic E-state index is 0.0445. The first-order chi connectivity index (χ1) is 13.3. The third-order valence-corrected chi connectivity index (χ3v) is 3.90. The van der Waals surface area contributed by atoms with E-state index in [9.17, 15) is 35.9 Å². The third-order valence-electron chi connectivity index (χ3n) is 3.90. The van der Waals surface area contributed by atoms with Crippen molar-refractivity contribution in [2.24, 2.45) is 0 Å². The zero-order chi connectivity index (χ0) is 22.0. The topological polar surface area (TPSA) is 58.2 Å². The van der Waals surface area contributed by atoms with Crippen LogP contribution in [0, 0.1) is 0 Å². The minimum Gasteiger partial charge on any atom is -0.346 e. The van der Waals surface area contributed by atoms with Crippen molar-refractivity contribution < 1.29 is 35.9 Å². The number of nitrogens with one attached hydrogen (secondary N) is 2. The average molecular weight is 418 g/mol. The molecule has 2 N–H and O–H groups in total. The molecule has 29 heavy (non-hydrogen) atoms. The van der Waals surface area contributed by atoms with Gasteiger partial charge in [0.05, 0.1) is 17.2 Å². The summed E-state index contributed by atoms with van der Waals surface area (Å²) in [5.74, 6) is -1.43. The van der Waals surface area contributed by atoms with Crippen LogP contribution < -0.4 is 10.6 Å². The van der Waals surface area contributed by atoms with Gasteiger partial charge in [-0.15, -0.1) is 0 Å². The van der Waals surface area contributed by atoms with Crippen molar-refractivity contribution in [3.05, 3.63) is 64.7 Å². The number of benzene rings is 2. The number of anilines is 1. The lowest BCUT2D eigenvalue weighted by atomic mass is 10.0. The van der Waals surface area contributed by atoms with E-state index in [4.69, 9.17) is 0 Å². The predicted molar refractivity (Wildman–Crippen MR) is 93.1 cm³/mol. The summed E-state index contributed by atoms with van der Waals surface area (Å²) < 4.78 is 77.7. The van der Waals surface area contributed by atoms with E-state index >= 15 is 0 Å². The summed E-state index contributed by atoms with van der Waals surface area (Å²) in [6.07, 6.45) is -10.1. The molecule has 0 aliphatic heterocycles. The maximum atomic E-state index is 12.9. The van der Waals surface area contributed by atoms with E-state index in [1.165, 1.54) is 19.9 Å². The lowest BCUT2D eigenvalue weighted by molar-refractivity contribution is -0.143. The summed E-state index contributed by atoms with van der Waals surface area (Å²) in [4.78, 5) is 23.5. The number of carbonyl (C=O) groups is 2. The van der Waals surface area contributed by atoms with Crippen molar-refractivity contribution in [1.29, 1.82) is 0 Å². The van der Waals surface area contributed by atoms with Gasteiger partial charge in [-0.1, -0.05) is 12.1 Å². The number of halogens is 6. The normalized spacial score (nSPS) is 13.0. The minimum atomic E-state index is -5.05. The Balaban J connectivity index is 2.31. The molecule has 0 radical (unpaired) electrons. The van der Waals surface area contributed by atoms with Gasteiger partial charge in [-0.2, -0.15) is 26.3 Å². The average Bonchev–Trinajstić information content (AvgIpc) is 2.59. The number of rotatable bonds is 4. The monoisotopic (exact) mass is 418 g/mol. The lowest BCUT2D eigenvalue weighted by Crippen LogP contribution is -2.27. The van der Waals surface area contributed by atoms with Crippen LogP contribution in [0.3, 0.4) is 0 Å². The smallest absolute Gasteiger partial charge is 0.346 e. The molecule has 0 aliphatic carbocycles. The molecular weight excluding hydrogens is 402 g/mol. The molecule has 0 saturated carbocycles. The van der Waals surface area contributed by atoms with Crippen LogP contribution in [0.5, 0.6) is 0 Å². The highest BCUT2D eigenvalue weighted by Crippen LogP contribution is 2.36. The lowest BCUT2D eigenvalue weighted by Gasteiger charge is -2.17. The van der Waals surface area contributed by atoms with Gasteiger partial charge in [0.25, 0.3) is 5.91 Å². The van der Waals surface area contributed by atoms with E-state index in [1.54, 1.807) is 18.2 Å². The highest BCUT2D eigenvalue weighted by Gasteiger charge is 2.37. The van der Waals surface area contributed by atoms with Gasteiger partial charge in [-0.3, -0.25) is 9.59 Å². The molecule has 2 amide bonds. The van der Waals surface area contributed by atoms with Crippen LogP contribution in [0.15, 0.2) is 42.5 Å². The van der Waals surface area contributed by atoms with E-state index in [2.05, 4.69) is 10.6 Å². The van der Waals surface area contributed by atoms with Crippen LogP contribution in [0.1, 0.15) is 46.9 Å². The van der Waals surface area contributed by atoms with E-state index in [-0.39, 0.29) is 12.0 Å². The largest absolute Gasteiger partial charge is 0.416 e. The third kappa shape index (κ3) is 5.97. The van der Waals surface area contributed by atoms with Crippen molar-refractivity contribution in [3.63, 3.8) is 0 Å². The SMILES string of the molecule is CC(=O)Nc1cccc(C(C)NC(=O)c2cc(C(F)(F)F)cc(C(F)(F)F)c2)c1. The van der Waals surface area contributed by atoms with Crippen LogP contribution in [0.4, 0.5) is 32.0 Å². The molecule has 156 valence electrons. The van der Waals surface area contributed by atoms with Crippen LogP contribution in [0.2, 0.25) is 0 Å². The van der Waals surface area contributed by atoms with Crippen LogP contribution in [0.25, 0.3) is 0 Å². The van der Waals surface area contributed by atoms with Crippen LogP contribution in [-0.4, -0.2) is 11.8 Å². The molecule has 2 rings (SSSR count). The molecule has 2 aromatic rings. The van der Waals surface area contributed by atoms with Crippen molar-refractivity contribution in [2.75, 3.05) is 5.32 Å². The fraction of sp³-hybridized carbons (Fsp3) is 0.263.